The SMILES string of the molecule is CCc1cccc(C)c1N(c1ccccc1)c1ccc(C=Cc2ccc(-c3ccc(C=Cc4ccc(N(c5ccccc5)c5c(C)cccc5CC)cc4)cc3)cc2)cc1. The highest BCUT2D eigenvalue weighted by Crippen LogP contribution is 2.40. The molecule has 0 unspecified atom stereocenters. The van der Waals surface area contributed by atoms with E-state index in [4.69, 9.17) is 0 Å². The molecule has 0 saturated heterocycles. The highest BCUT2D eigenvalue weighted by Gasteiger charge is 2.19. The lowest BCUT2D eigenvalue weighted by Crippen LogP contribution is -2.13. The molecule has 0 amide bonds. The monoisotopic (exact) mass is 776 g/mol. The number of hydrogen-bond donors (Lipinski definition) is 0. The molecule has 0 bridgehead atoms. The Hall–Kier alpha value is -7.16. The van der Waals surface area contributed by atoms with E-state index in [1.54, 1.807) is 0 Å². The Balaban J connectivity index is 0.928. The molecule has 2 heteroatoms. The van der Waals surface area contributed by atoms with Crippen LogP contribution in [0.25, 0.3) is 35.4 Å². The summed E-state index contributed by atoms with van der Waals surface area (Å²) in [6.45, 7) is 8.86. The third-order valence-electron chi connectivity index (χ3n) is 11.3. The van der Waals surface area contributed by atoms with E-state index in [0.29, 0.717) is 0 Å². The minimum absolute atomic E-state index is 0.976. The van der Waals surface area contributed by atoms with Gasteiger partial charge in [-0.1, -0.05) is 184 Å². The van der Waals surface area contributed by atoms with E-state index in [9.17, 15) is 0 Å². The molecule has 0 aliphatic heterocycles. The summed E-state index contributed by atoms with van der Waals surface area (Å²) in [6.07, 6.45) is 10.7. The quantitative estimate of drug-likeness (QED) is 0.108. The largest absolute Gasteiger partial charge is 0.310 e. The first-order valence-corrected chi connectivity index (χ1v) is 21.1. The Morgan fingerprint density at radius 3 is 0.933 bits per heavy atom. The Morgan fingerprint density at radius 2 is 0.617 bits per heavy atom. The highest BCUT2D eigenvalue weighted by molar-refractivity contribution is 5.83. The minimum Gasteiger partial charge on any atom is -0.310 e. The van der Waals surface area contributed by atoms with Gasteiger partial charge in [0.05, 0.1) is 11.4 Å². The van der Waals surface area contributed by atoms with Gasteiger partial charge in [-0.2, -0.15) is 0 Å². The first-order valence-electron chi connectivity index (χ1n) is 21.1. The summed E-state index contributed by atoms with van der Waals surface area (Å²) in [5, 5.41) is 0. The smallest absolute Gasteiger partial charge is 0.0522 e. The van der Waals surface area contributed by atoms with Crippen LogP contribution >= 0.6 is 0 Å². The summed E-state index contributed by atoms with van der Waals surface area (Å²) in [7, 11) is 0. The number of hydrogen-bond acceptors (Lipinski definition) is 2. The molecule has 0 aliphatic carbocycles. The second-order valence-electron chi connectivity index (χ2n) is 15.3. The maximum absolute atomic E-state index is 2.39. The summed E-state index contributed by atoms with van der Waals surface area (Å²) in [6, 6.07) is 69.9. The van der Waals surface area contributed by atoms with Crippen molar-refractivity contribution in [2.75, 3.05) is 9.80 Å². The average molecular weight is 777 g/mol. The Morgan fingerprint density at radius 1 is 0.317 bits per heavy atom. The van der Waals surface area contributed by atoms with Gasteiger partial charge in [-0.25, -0.2) is 0 Å². The van der Waals surface area contributed by atoms with Gasteiger partial charge in [0.15, 0.2) is 0 Å². The topological polar surface area (TPSA) is 6.48 Å². The molecule has 0 aromatic heterocycles. The number of benzene rings is 8. The molecule has 0 fully saturated rings. The lowest BCUT2D eigenvalue weighted by Gasteiger charge is -2.29. The molecule has 8 aromatic rings. The number of anilines is 6. The van der Waals surface area contributed by atoms with Crippen molar-refractivity contribution < 1.29 is 0 Å². The van der Waals surface area contributed by atoms with E-state index in [2.05, 4.69) is 256 Å². The van der Waals surface area contributed by atoms with Gasteiger partial charge in [0.2, 0.25) is 0 Å². The van der Waals surface area contributed by atoms with E-state index in [0.717, 1.165) is 46.7 Å². The van der Waals surface area contributed by atoms with E-state index in [1.165, 1.54) is 55.9 Å². The molecule has 0 atom stereocenters. The number of nitrogens with zero attached hydrogens (tertiary/aromatic N) is 2. The van der Waals surface area contributed by atoms with E-state index in [1.807, 2.05) is 0 Å². The number of para-hydroxylation sites is 4. The van der Waals surface area contributed by atoms with Crippen molar-refractivity contribution in [2.24, 2.45) is 0 Å². The summed E-state index contributed by atoms with van der Waals surface area (Å²) in [4.78, 5) is 4.77. The Bertz CT molecular complexity index is 2500. The van der Waals surface area contributed by atoms with Crippen molar-refractivity contribution in [3.63, 3.8) is 0 Å². The van der Waals surface area contributed by atoms with Crippen LogP contribution < -0.4 is 9.80 Å². The maximum Gasteiger partial charge on any atom is 0.0522 e. The van der Waals surface area contributed by atoms with Crippen LogP contribution in [0.1, 0.15) is 58.4 Å². The molecule has 0 N–H and O–H groups in total. The normalized spacial score (nSPS) is 11.3. The van der Waals surface area contributed by atoms with Crippen LogP contribution in [0.3, 0.4) is 0 Å². The van der Waals surface area contributed by atoms with Gasteiger partial charge in [0.25, 0.3) is 0 Å². The molecule has 0 spiro atoms. The summed E-state index contributed by atoms with van der Waals surface area (Å²) in [5.74, 6) is 0. The molecule has 294 valence electrons. The minimum atomic E-state index is 0.976. The second-order valence-corrected chi connectivity index (χ2v) is 15.3. The molecule has 0 saturated carbocycles. The zero-order chi connectivity index (χ0) is 41.3. The molecular formula is C58H52N2. The van der Waals surface area contributed by atoms with Gasteiger partial charge in [0.1, 0.15) is 0 Å². The van der Waals surface area contributed by atoms with Gasteiger partial charge in [-0.3, -0.25) is 0 Å². The summed E-state index contributed by atoms with van der Waals surface area (Å²) < 4.78 is 0. The molecule has 8 aromatic carbocycles. The first kappa shape index (κ1) is 39.7. The maximum atomic E-state index is 2.39. The fourth-order valence-electron chi connectivity index (χ4n) is 8.05. The van der Waals surface area contributed by atoms with Crippen LogP contribution in [0.4, 0.5) is 34.1 Å². The summed E-state index contributed by atoms with van der Waals surface area (Å²) in [5.41, 5.74) is 19.4. The molecule has 0 heterocycles. The van der Waals surface area contributed by atoms with Crippen molar-refractivity contribution >= 4 is 58.4 Å². The second kappa shape index (κ2) is 18.6. The average Bonchev–Trinajstić information content (AvgIpc) is 3.30. The summed E-state index contributed by atoms with van der Waals surface area (Å²) >= 11 is 0. The predicted octanol–water partition coefficient (Wildman–Crippen LogP) is 16.4. The van der Waals surface area contributed by atoms with Crippen LogP contribution in [0.2, 0.25) is 0 Å². The number of rotatable bonds is 13. The van der Waals surface area contributed by atoms with Crippen LogP contribution in [0, 0.1) is 13.8 Å². The van der Waals surface area contributed by atoms with Crippen molar-refractivity contribution in [3.8, 4) is 11.1 Å². The number of aryl methyl sites for hydroxylation is 4. The van der Waals surface area contributed by atoms with Gasteiger partial charge in [0, 0.05) is 22.7 Å². The third-order valence-corrected chi connectivity index (χ3v) is 11.3. The molecule has 60 heavy (non-hydrogen) atoms. The van der Waals surface area contributed by atoms with Crippen molar-refractivity contribution in [1.82, 2.24) is 0 Å². The van der Waals surface area contributed by atoms with Crippen LogP contribution in [0.5, 0.6) is 0 Å². The first-order chi connectivity index (χ1) is 29.5. The molecule has 0 radical (unpaired) electrons. The van der Waals surface area contributed by atoms with E-state index < -0.39 is 0 Å². The van der Waals surface area contributed by atoms with Crippen molar-refractivity contribution in [2.45, 2.75) is 40.5 Å². The standard InChI is InChI=1S/C58H52N2/c1-5-49-17-13-15-43(3)57(49)59(53-19-9-7-10-20-53)55-39-31-47(32-40-55)25-23-45-27-35-51(36-28-45)52-37-29-46(30-38-52)24-26-48-33-41-56(42-34-48)60(54-21-11-8-12-22-54)58-44(4)16-14-18-50(58)6-2/h7-42H,5-6H2,1-4H3. The zero-order valence-corrected chi connectivity index (χ0v) is 35.1. The van der Waals surface area contributed by atoms with Gasteiger partial charge < -0.3 is 9.80 Å². The van der Waals surface area contributed by atoms with Crippen molar-refractivity contribution in [1.29, 1.82) is 0 Å². The lowest BCUT2D eigenvalue weighted by atomic mass is 10.0. The van der Waals surface area contributed by atoms with Gasteiger partial charge in [-0.05, 0) is 131 Å². The Kier molecular flexibility index (Phi) is 12.3. The fraction of sp³-hybridized carbons (Fsp3) is 0.103. The molecular weight excluding hydrogens is 725 g/mol. The zero-order valence-electron chi connectivity index (χ0n) is 35.1. The predicted molar refractivity (Wildman–Crippen MR) is 260 cm³/mol. The lowest BCUT2D eigenvalue weighted by molar-refractivity contribution is 1.10. The van der Waals surface area contributed by atoms with Crippen LogP contribution in [0.15, 0.2) is 194 Å². The molecule has 2 nitrogen and oxygen atoms in total. The molecule has 8 rings (SSSR count). The molecule has 0 aliphatic rings. The highest BCUT2D eigenvalue weighted by atomic mass is 15.2. The Labute approximate surface area is 357 Å². The van der Waals surface area contributed by atoms with Crippen molar-refractivity contribution in [3.05, 3.63) is 239 Å². The van der Waals surface area contributed by atoms with Gasteiger partial charge >= 0.3 is 0 Å². The van der Waals surface area contributed by atoms with Crippen LogP contribution in [-0.2, 0) is 12.8 Å². The van der Waals surface area contributed by atoms with Crippen LogP contribution in [-0.4, -0.2) is 0 Å². The fourth-order valence-corrected chi connectivity index (χ4v) is 8.05. The van der Waals surface area contributed by atoms with Gasteiger partial charge in [-0.15, -0.1) is 0 Å². The van der Waals surface area contributed by atoms with E-state index in [-0.39, 0.29) is 0 Å². The van der Waals surface area contributed by atoms with E-state index >= 15 is 0 Å². The third kappa shape index (κ3) is 8.94.